The zero-order valence-electron chi connectivity index (χ0n) is 10.6. The molecule has 2 rings (SSSR count). The van der Waals surface area contributed by atoms with Crippen LogP contribution in [0.3, 0.4) is 0 Å². The molecule has 5 heteroatoms. The average Bonchev–Trinajstić information content (AvgIpc) is 2.88. The highest BCUT2D eigenvalue weighted by atomic mass is 16.5. The van der Waals surface area contributed by atoms with Crippen molar-refractivity contribution in [3.05, 3.63) is 29.8 Å². The Bertz CT molecular complexity index is 442. The highest BCUT2D eigenvalue weighted by molar-refractivity contribution is 5.78. The molecule has 1 heterocycles. The van der Waals surface area contributed by atoms with Crippen molar-refractivity contribution in [2.24, 2.45) is 5.10 Å². The van der Waals surface area contributed by atoms with E-state index < -0.39 is 0 Å². The van der Waals surface area contributed by atoms with Gasteiger partial charge < -0.3 is 10.1 Å². The number of benzene rings is 1. The molecule has 0 bridgehead atoms. The number of methoxy groups -OCH3 is 1. The van der Waals surface area contributed by atoms with E-state index in [9.17, 15) is 4.79 Å². The summed E-state index contributed by atoms with van der Waals surface area (Å²) in [6.07, 6.45) is 2.51. The van der Waals surface area contributed by atoms with Gasteiger partial charge in [-0.2, -0.15) is 5.10 Å². The molecule has 0 radical (unpaired) electrons. The van der Waals surface area contributed by atoms with Gasteiger partial charge in [0.2, 0.25) is 0 Å². The maximum atomic E-state index is 11.8. The molecule has 1 aliphatic rings. The molecule has 1 N–H and O–H groups in total. The van der Waals surface area contributed by atoms with E-state index in [0.717, 1.165) is 17.7 Å². The number of urea groups is 1. The van der Waals surface area contributed by atoms with E-state index in [1.54, 1.807) is 13.3 Å². The van der Waals surface area contributed by atoms with Crippen LogP contribution >= 0.6 is 0 Å². The number of amides is 2. The Morgan fingerprint density at radius 1 is 1.50 bits per heavy atom. The molecule has 18 heavy (non-hydrogen) atoms. The minimum Gasteiger partial charge on any atom is -0.497 e. The van der Waals surface area contributed by atoms with E-state index in [0.29, 0.717) is 6.54 Å². The molecule has 0 aromatic heterocycles. The van der Waals surface area contributed by atoms with Crippen molar-refractivity contribution in [3.8, 4) is 5.75 Å². The molecule has 5 nitrogen and oxygen atoms in total. The Morgan fingerprint density at radius 3 is 2.83 bits per heavy atom. The van der Waals surface area contributed by atoms with Crippen molar-refractivity contribution >= 4 is 12.2 Å². The second-order valence-corrected chi connectivity index (χ2v) is 4.00. The largest absolute Gasteiger partial charge is 0.497 e. The van der Waals surface area contributed by atoms with Gasteiger partial charge in [-0.25, -0.2) is 9.80 Å². The van der Waals surface area contributed by atoms with Crippen LogP contribution in [-0.2, 0) is 0 Å². The van der Waals surface area contributed by atoms with Crippen LogP contribution in [0.5, 0.6) is 5.75 Å². The third kappa shape index (κ3) is 2.45. The van der Waals surface area contributed by atoms with E-state index in [4.69, 9.17) is 4.74 Å². The molecule has 1 aliphatic heterocycles. The monoisotopic (exact) mass is 247 g/mol. The van der Waals surface area contributed by atoms with Crippen LogP contribution in [0.25, 0.3) is 0 Å². The van der Waals surface area contributed by atoms with Gasteiger partial charge >= 0.3 is 6.03 Å². The summed E-state index contributed by atoms with van der Waals surface area (Å²) in [6, 6.07) is 7.52. The van der Waals surface area contributed by atoms with Crippen molar-refractivity contribution in [2.45, 2.75) is 19.4 Å². The third-order valence-electron chi connectivity index (χ3n) is 2.87. The van der Waals surface area contributed by atoms with Crippen LogP contribution < -0.4 is 10.1 Å². The van der Waals surface area contributed by atoms with E-state index >= 15 is 0 Å². The highest BCUT2D eigenvalue weighted by Gasteiger charge is 2.27. The summed E-state index contributed by atoms with van der Waals surface area (Å²) in [5.41, 5.74) is 1.06. The number of carbonyl (C=O) groups is 1. The van der Waals surface area contributed by atoms with Crippen molar-refractivity contribution in [2.75, 3.05) is 13.7 Å². The summed E-state index contributed by atoms with van der Waals surface area (Å²) < 4.78 is 5.12. The van der Waals surface area contributed by atoms with Crippen molar-refractivity contribution in [1.82, 2.24) is 10.3 Å². The van der Waals surface area contributed by atoms with Crippen LogP contribution in [0.1, 0.15) is 24.9 Å². The van der Waals surface area contributed by atoms with Gasteiger partial charge in [0, 0.05) is 19.2 Å². The molecule has 1 aromatic rings. The van der Waals surface area contributed by atoms with Crippen molar-refractivity contribution in [1.29, 1.82) is 0 Å². The summed E-state index contributed by atoms with van der Waals surface area (Å²) in [6.45, 7) is 2.49. The highest BCUT2D eigenvalue weighted by Crippen LogP contribution is 2.29. The van der Waals surface area contributed by atoms with Gasteiger partial charge in [0.25, 0.3) is 0 Å². The predicted octanol–water partition coefficient (Wildman–Crippen LogP) is 2.16. The lowest BCUT2D eigenvalue weighted by Crippen LogP contribution is -2.36. The number of nitrogens with zero attached hydrogens (tertiary/aromatic N) is 2. The summed E-state index contributed by atoms with van der Waals surface area (Å²) in [5, 5.41) is 8.37. The van der Waals surface area contributed by atoms with Gasteiger partial charge in [-0.15, -0.1) is 0 Å². The standard InChI is InChI=1S/C13H17N3O2/c1-3-14-13(17)16-12(8-9-15-16)10-4-6-11(18-2)7-5-10/h4-7,9,12H,3,8H2,1-2H3,(H,14,17). The summed E-state index contributed by atoms with van der Waals surface area (Å²) in [4.78, 5) is 11.8. The molecule has 2 amide bonds. The molecule has 0 saturated carbocycles. The van der Waals surface area contributed by atoms with E-state index in [-0.39, 0.29) is 12.1 Å². The zero-order valence-corrected chi connectivity index (χ0v) is 10.6. The normalized spacial score (nSPS) is 17.9. The van der Waals surface area contributed by atoms with E-state index in [1.807, 2.05) is 31.2 Å². The first-order valence-electron chi connectivity index (χ1n) is 5.99. The smallest absolute Gasteiger partial charge is 0.338 e. The van der Waals surface area contributed by atoms with Crippen LogP contribution in [0.4, 0.5) is 4.79 Å². The molecule has 96 valence electrons. The van der Waals surface area contributed by atoms with Gasteiger partial charge in [-0.1, -0.05) is 12.1 Å². The summed E-state index contributed by atoms with van der Waals surface area (Å²) in [7, 11) is 1.63. The first-order chi connectivity index (χ1) is 8.76. The van der Waals surface area contributed by atoms with Crippen LogP contribution in [-0.4, -0.2) is 30.9 Å². The minimum atomic E-state index is -0.160. The maximum absolute atomic E-state index is 11.8. The zero-order chi connectivity index (χ0) is 13.0. The molecule has 0 saturated heterocycles. The fourth-order valence-corrected chi connectivity index (χ4v) is 1.94. The lowest BCUT2D eigenvalue weighted by Gasteiger charge is -2.22. The number of hydrogen-bond donors (Lipinski definition) is 1. The molecular formula is C13H17N3O2. The Labute approximate surface area is 106 Å². The molecule has 1 atom stereocenters. The van der Waals surface area contributed by atoms with Gasteiger partial charge in [0.15, 0.2) is 0 Å². The van der Waals surface area contributed by atoms with Crippen LogP contribution in [0, 0.1) is 0 Å². The molecule has 0 aliphatic carbocycles. The Balaban J connectivity index is 2.14. The van der Waals surface area contributed by atoms with Gasteiger partial charge in [-0.3, -0.25) is 0 Å². The lowest BCUT2D eigenvalue weighted by atomic mass is 10.0. The fourth-order valence-electron chi connectivity index (χ4n) is 1.94. The predicted molar refractivity (Wildman–Crippen MR) is 69.8 cm³/mol. The van der Waals surface area contributed by atoms with Crippen molar-refractivity contribution in [3.63, 3.8) is 0 Å². The molecule has 0 fully saturated rings. The Hall–Kier alpha value is -2.04. The maximum Gasteiger partial charge on any atom is 0.338 e. The van der Waals surface area contributed by atoms with Crippen molar-refractivity contribution < 1.29 is 9.53 Å². The fraction of sp³-hybridized carbons (Fsp3) is 0.385. The Morgan fingerprint density at radius 2 is 2.22 bits per heavy atom. The molecule has 1 unspecified atom stereocenters. The molecular weight excluding hydrogens is 230 g/mol. The van der Waals surface area contributed by atoms with E-state index in [1.165, 1.54) is 5.01 Å². The minimum absolute atomic E-state index is 0.0255. The second-order valence-electron chi connectivity index (χ2n) is 4.00. The first kappa shape index (κ1) is 12.4. The van der Waals surface area contributed by atoms with E-state index in [2.05, 4.69) is 10.4 Å². The summed E-state index contributed by atoms with van der Waals surface area (Å²) in [5.74, 6) is 0.808. The number of hydrogen-bond acceptors (Lipinski definition) is 3. The molecule has 0 spiro atoms. The topological polar surface area (TPSA) is 53.9 Å². The Kier molecular flexibility index (Phi) is 3.82. The average molecular weight is 247 g/mol. The first-order valence-corrected chi connectivity index (χ1v) is 5.99. The van der Waals surface area contributed by atoms with Gasteiger partial charge in [0.05, 0.1) is 13.2 Å². The van der Waals surface area contributed by atoms with Gasteiger partial charge in [-0.05, 0) is 24.6 Å². The lowest BCUT2D eigenvalue weighted by molar-refractivity contribution is 0.187. The van der Waals surface area contributed by atoms with Crippen LogP contribution in [0.2, 0.25) is 0 Å². The quantitative estimate of drug-likeness (QED) is 0.889. The van der Waals surface area contributed by atoms with Crippen LogP contribution in [0.15, 0.2) is 29.4 Å². The van der Waals surface area contributed by atoms with Gasteiger partial charge in [0.1, 0.15) is 5.75 Å². The number of ether oxygens (including phenoxy) is 1. The summed E-state index contributed by atoms with van der Waals surface area (Å²) >= 11 is 0. The SMILES string of the molecule is CCNC(=O)N1N=CCC1c1ccc(OC)cc1. The number of rotatable bonds is 3. The third-order valence-corrected chi connectivity index (χ3v) is 2.87. The number of hydrazone groups is 1. The molecule has 1 aromatic carbocycles. The number of nitrogens with one attached hydrogen (secondary N) is 1. The second kappa shape index (κ2) is 5.53. The number of carbonyl (C=O) groups excluding carboxylic acids is 1.